The average molecular weight is 86.1 g/mol. The van der Waals surface area contributed by atoms with Crippen LogP contribution < -0.4 is 0 Å². The Balaban J connectivity index is 3.04. The smallest absolute Gasteiger partial charge is 0.279 e. The second-order valence-corrected chi connectivity index (χ2v) is 0.697. The first-order valence-electron chi connectivity index (χ1n) is 1.39. The lowest BCUT2D eigenvalue weighted by Crippen LogP contribution is -2.00. The minimum Gasteiger partial charge on any atom is -0.342 e. The van der Waals surface area contributed by atoms with Crippen LogP contribution in [0.3, 0.4) is 0 Å². The Labute approximate surface area is 35.8 Å². The van der Waals surface area contributed by atoms with E-state index in [0.29, 0.717) is 0 Å². The minimum atomic E-state index is -1.51. The van der Waals surface area contributed by atoms with Gasteiger partial charge in [0.05, 0.1) is 0 Å². The lowest BCUT2D eigenvalue weighted by atomic mass is 10.7. The zero-order chi connectivity index (χ0) is 4.99. The van der Waals surface area contributed by atoms with Gasteiger partial charge in [0.15, 0.2) is 0 Å². The molecule has 0 heterocycles. The molecule has 33 valence electrons. The lowest BCUT2D eigenvalue weighted by molar-refractivity contribution is -0.0768. The summed E-state index contributed by atoms with van der Waals surface area (Å²) < 4.78 is 3.98. The Hall–Kier alpha value is -0.590. The molecule has 1 atom stereocenters. The van der Waals surface area contributed by atoms with Gasteiger partial charge in [-0.1, -0.05) is 0 Å². The highest BCUT2D eigenvalue weighted by Gasteiger charge is 1.93. The zero-order valence-corrected chi connectivity index (χ0v) is 3.34. The molecule has 0 saturated heterocycles. The van der Waals surface area contributed by atoms with Gasteiger partial charge in [0, 0.05) is 7.11 Å². The monoisotopic (exact) mass is 86.0 g/mol. The van der Waals surface area contributed by atoms with Crippen LogP contribution in [0.1, 0.15) is 0 Å². The van der Waals surface area contributed by atoms with Crippen LogP contribution in [0.4, 0.5) is 0 Å². The maximum atomic E-state index is 9.68. The summed E-state index contributed by atoms with van der Waals surface area (Å²) in [6, 6.07) is 1.34. The summed E-state index contributed by atoms with van der Waals surface area (Å²) in [5.41, 5.74) is 0. The molecule has 1 radical (unpaired) electrons. The Kier molecular flexibility index (Phi) is 2.38. The van der Waals surface area contributed by atoms with E-state index in [0.717, 1.165) is 0 Å². The van der Waals surface area contributed by atoms with E-state index >= 15 is 0 Å². The molecule has 0 bridgehead atoms. The first-order chi connectivity index (χ1) is 2.81. The molecule has 0 spiro atoms. The Morgan fingerprint density at radius 2 is 2.50 bits per heavy atom. The second-order valence-electron chi connectivity index (χ2n) is 0.697. The molecule has 3 heteroatoms. The fourth-order valence-electron chi connectivity index (χ4n) is 0.0527. The van der Waals surface area contributed by atoms with Gasteiger partial charge in [-0.25, -0.2) is 0 Å². The SMILES string of the molecule is COC([O])C#N. The van der Waals surface area contributed by atoms with Crippen molar-refractivity contribution in [2.45, 2.75) is 6.29 Å². The van der Waals surface area contributed by atoms with Gasteiger partial charge in [-0.05, 0) is 0 Å². The van der Waals surface area contributed by atoms with Crippen LogP contribution in [-0.4, -0.2) is 13.4 Å². The first kappa shape index (κ1) is 5.41. The van der Waals surface area contributed by atoms with Gasteiger partial charge < -0.3 is 4.74 Å². The summed E-state index contributed by atoms with van der Waals surface area (Å²) in [6.45, 7) is 0. The normalized spacial score (nSPS) is 12.8. The molecule has 0 rings (SSSR count). The van der Waals surface area contributed by atoms with Crippen LogP contribution in [0.25, 0.3) is 0 Å². The third kappa shape index (κ3) is 1.70. The van der Waals surface area contributed by atoms with Crippen LogP contribution in [0.15, 0.2) is 0 Å². The van der Waals surface area contributed by atoms with Crippen molar-refractivity contribution >= 4 is 0 Å². The molecule has 0 amide bonds. The van der Waals surface area contributed by atoms with Crippen molar-refractivity contribution in [3.63, 3.8) is 0 Å². The van der Waals surface area contributed by atoms with Crippen molar-refractivity contribution in [1.29, 1.82) is 5.26 Å². The lowest BCUT2D eigenvalue weighted by Gasteiger charge is -1.87. The maximum absolute atomic E-state index is 9.68. The number of hydrogen-bond donors (Lipinski definition) is 0. The van der Waals surface area contributed by atoms with Crippen molar-refractivity contribution in [2.24, 2.45) is 0 Å². The zero-order valence-electron chi connectivity index (χ0n) is 3.34. The largest absolute Gasteiger partial charge is 0.342 e. The van der Waals surface area contributed by atoms with Crippen molar-refractivity contribution in [3.05, 3.63) is 0 Å². The van der Waals surface area contributed by atoms with E-state index in [-0.39, 0.29) is 0 Å². The van der Waals surface area contributed by atoms with E-state index in [1.807, 2.05) is 0 Å². The predicted molar refractivity (Wildman–Crippen MR) is 17.1 cm³/mol. The highest BCUT2D eigenvalue weighted by atomic mass is 16.6. The van der Waals surface area contributed by atoms with Gasteiger partial charge in [-0.3, -0.25) is 0 Å². The van der Waals surface area contributed by atoms with Crippen LogP contribution in [0.5, 0.6) is 0 Å². The molecule has 3 nitrogen and oxygen atoms in total. The highest BCUT2D eigenvalue weighted by molar-refractivity contribution is 4.71. The van der Waals surface area contributed by atoms with Crippen LogP contribution in [-0.2, 0) is 9.84 Å². The van der Waals surface area contributed by atoms with Crippen molar-refractivity contribution in [1.82, 2.24) is 0 Å². The minimum absolute atomic E-state index is 1.20. The molecule has 1 unspecified atom stereocenters. The molecular formula is C3H4NO2. The summed E-state index contributed by atoms with van der Waals surface area (Å²) in [7, 11) is 1.20. The van der Waals surface area contributed by atoms with E-state index in [1.165, 1.54) is 13.2 Å². The fraction of sp³-hybridized carbons (Fsp3) is 0.667. The van der Waals surface area contributed by atoms with E-state index in [9.17, 15) is 5.11 Å². The molecule has 0 aromatic heterocycles. The number of nitrogens with zero attached hydrogens (tertiary/aromatic N) is 1. The Morgan fingerprint density at radius 3 is 2.50 bits per heavy atom. The summed E-state index contributed by atoms with van der Waals surface area (Å²) in [4.78, 5) is 0. The molecule has 6 heavy (non-hydrogen) atoms. The van der Waals surface area contributed by atoms with Crippen LogP contribution in [0, 0.1) is 11.3 Å². The standard InChI is InChI=1S/C3H4NO2/c1-6-3(5)2-4/h3H,1H3. The number of hydrogen-bond acceptors (Lipinski definition) is 2. The Morgan fingerprint density at radius 1 is 2.00 bits per heavy atom. The number of nitriles is 1. The summed E-state index contributed by atoms with van der Waals surface area (Å²) >= 11 is 0. The van der Waals surface area contributed by atoms with Gasteiger partial charge >= 0.3 is 0 Å². The molecule has 0 aromatic rings. The second kappa shape index (κ2) is 2.64. The van der Waals surface area contributed by atoms with E-state index in [4.69, 9.17) is 5.26 Å². The third-order valence-corrected chi connectivity index (χ3v) is 0.319. The van der Waals surface area contributed by atoms with Gasteiger partial charge in [-0.2, -0.15) is 10.4 Å². The summed E-state index contributed by atoms with van der Waals surface area (Å²) in [6.07, 6.45) is -1.51. The van der Waals surface area contributed by atoms with Gasteiger partial charge in [0.1, 0.15) is 6.07 Å². The Bertz CT molecular complexity index is 65.7. The fourth-order valence-corrected chi connectivity index (χ4v) is 0.0527. The van der Waals surface area contributed by atoms with E-state index in [1.54, 1.807) is 0 Å². The molecule has 0 saturated carbocycles. The maximum Gasteiger partial charge on any atom is 0.279 e. The average Bonchev–Trinajstić information content (AvgIpc) is 1.65. The highest BCUT2D eigenvalue weighted by Crippen LogP contribution is 1.75. The number of rotatable bonds is 1. The van der Waals surface area contributed by atoms with E-state index < -0.39 is 6.29 Å². The van der Waals surface area contributed by atoms with E-state index in [2.05, 4.69) is 4.74 Å². The van der Waals surface area contributed by atoms with Crippen molar-refractivity contribution in [3.8, 4) is 6.07 Å². The number of methoxy groups -OCH3 is 1. The molecule has 0 fully saturated rings. The van der Waals surface area contributed by atoms with Crippen LogP contribution in [0.2, 0.25) is 0 Å². The van der Waals surface area contributed by atoms with Crippen molar-refractivity contribution < 1.29 is 9.84 Å². The summed E-state index contributed by atoms with van der Waals surface area (Å²) in [5.74, 6) is 0. The quantitative estimate of drug-likeness (QED) is 0.419. The number of ether oxygens (including phenoxy) is 1. The first-order valence-corrected chi connectivity index (χ1v) is 1.39. The third-order valence-electron chi connectivity index (χ3n) is 0.319. The van der Waals surface area contributed by atoms with Crippen molar-refractivity contribution in [2.75, 3.05) is 7.11 Å². The molecule has 0 aliphatic heterocycles. The molecule has 0 N–H and O–H groups in total. The van der Waals surface area contributed by atoms with Gasteiger partial charge in [-0.15, -0.1) is 0 Å². The molecule has 0 aliphatic rings. The summed E-state index contributed by atoms with van der Waals surface area (Å²) in [5, 5.41) is 17.3. The topological polar surface area (TPSA) is 52.9 Å². The predicted octanol–water partition coefficient (Wildman–Crippen LogP) is -0.0870. The van der Waals surface area contributed by atoms with Gasteiger partial charge in [0.2, 0.25) is 0 Å². The van der Waals surface area contributed by atoms with Gasteiger partial charge in [0.25, 0.3) is 6.29 Å². The molecule has 0 aliphatic carbocycles. The van der Waals surface area contributed by atoms with Crippen LogP contribution >= 0.6 is 0 Å². The molecular weight excluding hydrogens is 82.0 g/mol. The molecule has 0 aromatic carbocycles.